The van der Waals surface area contributed by atoms with Gasteiger partial charge in [0.15, 0.2) is 0 Å². The summed E-state index contributed by atoms with van der Waals surface area (Å²) in [6, 6.07) is 51.4. The molecule has 8 aromatic rings. The van der Waals surface area contributed by atoms with E-state index in [1.165, 1.54) is 48.5 Å². The molecule has 0 unspecified atom stereocenters. The Morgan fingerprint density at radius 2 is 0.269 bits per heavy atom. The van der Waals surface area contributed by atoms with Crippen LogP contribution in [0.1, 0.15) is 44.5 Å². The van der Waals surface area contributed by atoms with E-state index < -0.39 is 0 Å². The van der Waals surface area contributed by atoms with Crippen molar-refractivity contribution in [3.63, 3.8) is 0 Å². The average molecular weight is 1590 g/mol. The molecule has 0 fully saturated rings. The van der Waals surface area contributed by atoms with Gasteiger partial charge in [-0.15, -0.1) is 48.5 Å². The molecule has 0 spiro atoms. The smallest absolute Gasteiger partial charge is 2.00 e. The minimum atomic E-state index is -0.243. The summed E-state index contributed by atoms with van der Waals surface area (Å²) >= 11 is 0. The van der Waals surface area contributed by atoms with Crippen molar-refractivity contribution < 1.29 is 117 Å². The van der Waals surface area contributed by atoms with E-state index in [1.807, 2.05) is 0 Å². The van der Waals surface area contributed by atoms with E-state index in [1.54, 1.807) is 146 Å². The third-order valence-electron chi connectivity index (χ3n) is 7.66. The molecule has 0 heterocycles. The predicted molar refractivity (Wildman–Crippen MR) is 278 cm³/mol. The van der Waals surface area contributed by atoms with Crippen LogP contribution in [-0.4, -0.2) is 106 Å². The monoisotopic (exact) mass is 1590 g/mol. The molecule has 6 nitrogen and oxygen atoms in total. The Morgan fingerprint density at radius 3 is 0.308 bits per heavy atom. The van der Waals surface area contributed by atoms with Crippen molar-refractivity contribution in [2.24, 2.45) is 0 Å². The molecular formula is C56H52Cl4F8O6Sn4. The van der Waals surface area contributed by atoms with Crippen LogP contribution in [0, 0.1) is 102 Å². The third kappa shape index (κ3) is 51.7. The summed E-state index contributed by atoms with van der Waals surface area (Å²) in [6.45, 7) is 27.6. The average Bonchev–Trinajstić information content (AvgIpc) is 3.34. The van der Waals surface area contributed by atoms with E-state index in [0.29, 0.717) is 44.5 Å². The van der Waals surface area contributed by atoms with Crippen molar-refractivity contribution in [2.45, 2.75) is 0 Å². The van der Waals surface area contributed by atoms with Gasteiger partial charge in [0.2, 0.25) is 0 Å². The number of halogens is 12. The van der Waals surface area contributed by atoms with Crippen LogP contribution >= 0.6 is 0 Å². The van der Waals surface area contributed by atoms with Gasteiger partial charge in [0.1, 0.15) is 0 Å². The first-order chi connectivity index (χ1) is 32.4. The summed E-state index contributed by atoms with van der Waals surface area (Å²) in [5.41, 5.74) is 3.61. The molecule has 0 aromatic heterocycles. The van der Waals surface area contributed by atoms with E-state index in [-0.39, 0.29) is 203 Å². The molecular weight excluding hydrogens is 1540 g/mol. The Morgan fingerprint density at radius 1 is 0.205 bits per heavy atom. The van der Waals surface area contributed by atoms with Gasteiger partial charge in [0.25, 0.3) is 0 Å². The number of benzene rings is 8. The standard InChI is InChI=1S/8C7H6F.4ClH.2H2O2.2O.4Sn/c8*1-6-4-2-3-5-7(6)8;;;;;2*1-2;;;;;;/h8*2-5H,1H2;4*1H;2*1H2;;;;;;/q8*-1;;;;;;;2*-2;4*+4/p-4. The summed E-state index contributed by atoms with van der Waals surface area (Å²) in [4.78, 5) is 0. The zero-order valence-electron chi connectivity index (χ0n) is 41.3. The predicted octanol–water partition coefficient (Wildman–Crippen LogP) is -1.71. The maximum Gasteiger partial charge on any atom is 4.00 e. The van der Waals surface area contributed by atoms with Crippen molar-refractivity contribution >= 4 is 95.6 Å². The van der Waals surface area contributed by atoms with Crippen LogP contribution in [0.3, 0.4) is 0 Å². The molecule has 0 saturated carbocycles. The molecule has 412 valence electrons. The Hall–Kier alpha value is -3.73. The second-order valence-corrected chi connectivity index (χ2v) is 12.7. The molecule has 4 N–H and O–H groups in total. The molecule has 0 atom stereocenters. The van der Waals surface area contributed by atoms with E-state index in [2.05, 4.69) is 65.9 Å². The molecule has 0 saturated heterocycles. The first-order valence-electron chi connectivity index (χ1n) is 19.4. The molecule has 8 aromatic carbocycles. The van der Waals surface area contributed by atoms with E-state index in [4.69, 9.17) is 10.5 Å². The first-order valence-corrected chi connectivity index (χ1v) is 19.4. The fourth-order valence-electron chi connectivity index (χ4n) is 3.99. The van der Waals surface area contributed by atoms with E-state index >= 15 is 0 Å². The second kappa shape index (κ2) is 65.8. The van der Waals surface area contributed by atoms with Gasteiger partial charge in [-0.1, -0.05) is 97.1 Å². The molecule has 0 aliphatic heterocycles. The quantitative estimate of drug-likeness (QED) is 0.0445. The van der Waals surface area contributed by atoms with Crippen molar-refractivity contribution in [1.29, 1.82) is 0 Å². The molecule has 0 bridgehead atoms. The van der Waals surface area contributed by atoms with Gasteiger partial charge in [0.05, 0.1) is 0 Å². The van der Waals surface area contributed by atoms with Gasteiger partial charge in [0, 0.05) is 46.5 Å². The van der Waals surface area contributed by atoms with Crippen LogP contribution in [0.25, 0.3) is 0 Å². The zero-order chi connectivity index (χ0) is 51.9. The maximum atomic E-state index is 12.3. The topological polar surface area (TPSA) is 149 Å². The summed E-state index contributed by atoms with van der Waals surface area (Å²) in [7, 11) is 0. The Bertz CT molecular complexity index is 1880. The minimum absolute atomic E-state index is 0. The van der Waals surface area contributed by atoms with Gasteiger partial charge >= 0.3 is 95.6 Å². The summed E-state index contributed by atoms with van der Waals surface area (Å²) in [5.74, 6) is -1.94. The Kier molecular flexibility index (Phi) is 86.7. The van der Waals surface area contributed by atoms with Crippen LogP contribution in [-0.2, 0) is 11.0 Å². The van der Waals surface area contributed by atoms with Crippen molar-refractivity contribution in [1.82, 2.24) is 0 Å². The fraction of sp³-hybridized carbons (Fsp3) is 0. The molecule has 0 amide bonds. The second-order valence-electron chi connectivity index (χ2n) is 12.7. The third-order valence-corrected chi connectivity index (χ3v) is 7.66. The van der Waals surface area contributed by atoms with Gasteiger partial charge in [-0.05, 0) is 0 Å². The summed E-state index contributed by atoms with van der Waals surface area (Å²) in [6.07, 6.45) is 0. The molecule has 0 radical (unpaired) electrons. The summed E-state index contributed by atoms with van der Waals surface area (Å²) < 4.78 is 98.0. The van der Waals surface area contributed by atoms with Crippen LogP contribution in [0.5, 0.6) is 0 Å². The Balaban J connectivity index is -0.0000000621. The van der Waals surface area contributed by atoms with Crippen molar-refractivity contribution in [3.8, 4) is 0 Å². The van der Waals surface area contributed by atoms with E-state index in [0.717, 1.165) is 0 Å². The van der Waals surface area contributed by atoms with Gasteiger partial charge in [-0.3, -0.25) is 35.1 Å². The normalized spacial score (nSPS) is 7.64. The van der Waals surface area contributed by atoms with Crippen LogP contribution in [0.4, 0.5) is 35.1 Å². The maximum absolute atomic E-state index is 12.3. The van der Waals surface area contributed by atoms with Gasteiger partial charge in [-0.25, -0.2) is 0 Å². The number of rotatable bonds is 0. The Labute approximate surface area is 547 Å². The van der Waals surface area contributed by atoms with Crippen LogP contribution in [0.15, 0.2) is 194 Å². The first kappa shape index (κ1) is 103. The summed E-state index contributed by atoms with van der Waals surface area (Å²) in [5, 5.41) is 24.0. The van der Waals surface area contributed by atoms with E-state index in [9.17, 15) is 35.1 Å². The van der Waals surface area contributed by atoms with Crippen molar-refractivity contribution in [3.05, 3.63) is 341 Å². The minimum Gasteiger partial charge on any atom is -2.00 e. The molecule has 0 aliphatic rings. The zero-order valence-corrected chi connectivity index (χ0v) is 55.7. The molecule has 22 heteroatoms. The SMILES string of the molecule is [CH2-]c1ccccc1F.[CH2-]c1ccccc1F.[CH2-]c1ccccc1F.[CH2-]c1ccccc1F.[CH2-]c1ccccc1F.[CH2-]c1ccccc1F.[CH2-]c1ccccc1F.[CH2-]c1ccccc1F.[Cl-].[Cl-].[Cl-].[Cl-].[O-2].[O-2].[O-][OH2+].[O-][OH2+].[Sn+4].[Sn+4].[Sn+4].[Sn+4]. The van der Waals surface area contributed by atoms with Crippen LogP contribution in [0.2, 0.25) is 0 Å². The van der Waals surface area contributed by atoms with Gasteiger partial charge < -0.3 is 81.6 Å². The molecule has 8 rings (SSSR count). The number of hydrogen-bond acceptors (Lipinski definition) is 2. The van der Waals surface area contributed by atoms with Crippen molar-refractivity contribution in [2.75, 3.05) is 0 Å². The molecule has 0 aliphatic carbocycles. The largest absolute Gasteiger partial charge is 4.00 e. The van der Waals surface area contributed by atoms with Gasteiger partial charge in [-0.2, -0.15) is 148 Å². The fourth-order valence-corrected chi connectivity index (χ4v) is 3.99. The molecule has 78 heavy (non-hydrogen) atoms. The van der Waals surface area contributed by atoms with Crippen LogP contribution < -0.4 is 60.1 Å². The number of hydrogen-bond donors (Lipinski definition) is 0.